The minimum absolute atomic E-state index is 0.0127. The zero-order valence-corrected chi connectivity index (χ0v) is 32.3. The first kappa shape index (κ1) is 40.6. The highest BCUT2D eigenvalue weighted by Gasteiger charge is 2.51. The van der Waals surface area contributed by atoms with Crippen LogP contribution in [0.1, 0.15) is 74.7 Å². The number of aliphatic hydroxyl groups excluding tert-OH is 3. The Morgan fingerprint density at radius 2 is 0.778 bits per heavy atom. The molecular weight excluding hydrogens is 828 g/mol. The first-order valence-corrected chi connectivity index (χ1v) is 19.3. The van der Waals surface area contributed by atoms with Crippen molar-refractivity contribution >= 4 is 0 Å². The van der Waals surface area contributed by atoms with Crippen LogP contribution < -0.4 is 14.2 Å². The molecule has 3 aliphatic rings. The van der Waals surface area contributed by atoms with Gasteiger partial charge in [-0.1, -0.05) is 18.2 Å². The smallest absolute Gasteiger partial charge is 0.157 e. The number of hydrogen-bond donors (Lipinski definition) is 15. The first-order chi connectivity index (χ1) is 29.9. The van der Waals surface area contributed by atoms with Gasteiger partial charge >= 0.3 is 0 Å². The molecule has 0 saturated heterocycles. The van der Waals surface area contributed by atoms with Crippen molar-refractivity contribution in [3.8, 4) is 86.2 Å². The van der Waals surface area contributed by atoms with Gasteiger partial charge in [0.25, 0.3) is 0 Å². The normalized spacial score (nSPS) is 23.6. The summed E-state index contributed by atoms with van der Waals surface area (Å²) in [6.07, 6.45) is -9.93. The molecule has 6 aromatic carbocycles. The van der Waals surface area contributed by atoms with E-state index < -0.39 is 123 Å². The summed E-state index contributed by atoms with van der Waals surface area (Å²) in [7, 11) is 0. The summed E-state index contributed by atoms with van der Waals surface area (Å²) < 4.78 is 18.9. The lowest BCUT2D eigenvalue weighted by molar-refractivity contribution is -0.00562. The van der Waals surface area contributed by atoms with Crippen LogP contribution in [-0.2, 0) is 6.42 Å². The second-order valence-electron chi connectivity index (χ2n) is 15.7. The molecule has 0 aliphatic carbocycles. The summed E-state index contributed by atoms with van der Waals surface area (Å²) in [5.74, 6) is -11.5. The van der Waals surface area contributed by atoms with E-state index in [1.807, 2.05) is 0 Å². The molecule has 18 nitrogen and oxygen atoms in total. The Bertz CT molecular complexity index is 2840. The number of phenolic OH excluding ortho intramolecular Hbond substituents is 12. The average molecular weight is 867 g/mol. The molecule has 0 bridgehead atoms. The molecule has 63 heavy (non-hydrogen) atoms. The maximum Gasteiger partial charge on any atom is 0.157 e. The molecule has 326 valence electrons. The predicted octanol–water partition coefficient (Wildman–Crippen LogP) is 4.44. The molecule has 8 atom stereocenters. The summed E-state index contributed by atoms with van der Waals surface area (Å²) in [5, 5.41) is 166. The monoisotopic (exact) mass is 866 g/mol. The fourth-order valence-electron chi connectivity index (χ4n) is 8.94. The van der Waals surface area contributed by atoms with E-state index in [0.29, 0.717) is 0 Å². The van der Waals surface area contributed by atoms with Gasteiger partial charge in [0.15, 0.2) is 46.7 Å². The summed E-state index contributed by atoms with van der Waals surface area (Å²) in [6, 6.07) is 14.4. The van der Waals surface area contributed by atoms with Crippen molar-refractivity contribution in [1.82, 2.24) is 0 Å². The minimum Gasteiger partial charge on any atom is -0.508 e. The van der Waals surface area contributed by atoms with Crippen molar-refractivity contribution < 1.29 is 90.8 Å². The molecule has 0 unspecified atom stereocenters. The number of aliphatic hydroxyl groups is 3. The molecule has 3 aliphatic heterocycles. The van der Waals surface area contributed by atoms with E-state index >= 15 is 0 Å². The van der Waals surface area contributed by atoms with Crippen LogP contribution in [0.3, 0.4) is 0 Å². The number of rotatable bonds is 5. The molecule has 9 rings (SSSR count). The molecule has 0 fully saturated rings. The van der Waals surface area contributed by atoms with Crippen LogP contribution in [0.2, 0.25) is 0 Å². The maximum atomic E-state index is 12.5. The number of aromatic hydroxyl groups is 12. The minimum atomic E-state index is -1.90. The summed E-state index contributed by atoms with van der Waals surface area (Å²) >= 11 is 0. The van der Waals surface area contributed by atoms with Gasteiger partial charge in [-0.25, -0.2) is 0 Å². The number of ether oxygens (including phenoxy) is 3. The maximum absolute atomic E-state index is 12.5. The van der Waals surface area contributed by atoms with Crippen LogP contribution in [0.4, 0.5) is 0 Å². The van der Waals surface area contributed by atoms with E-state index in [4.69, 9.17) is 14.2 Å². The van der Waals surface area contributed by atoms with Gasteiger partial charge in [0.1, 0.15) is 70.1 Å². The Labute approximate surface area is 354 Å². The van der Waals surface area contributed by atoms with Crippen molar-refractivity contribution in [2.75, 3.05) is 0 Å². The quantitative estimate of drug-likeness (QED) is 0.106. The van der Waals surface area contributed by atoms with Crippen LogP contribution in [0.15, 0.2) is 78.9 Å². The Kier molecular flexibility index (Phi) is 9.46. The van der Waals surface area contributed by atoms with Crippen LogP contribution in [-0.4, -0.2) is 94.9 Å². The highest BCUT2D eigenvalue weighted by atomic mass is 16.5. The van der Waals surface area contributed by atoms with Crippen molar-refractivity contribution in [2.24, 2.45) is 0 Å². The number of benzene rings is 6. The van der Waals surface area contributed by atoms with Gasteiger partial charge in [0.2, 0.25) is 0 Å². The number of hydrogen-bond acceptors (Lipinski definition) is 18. The first-order valence-electron chi connectivity index (χ1n) is 19.3. The van der Waals surface area contributed by atoms with Gasteiger partial charge in [0, 0.05) is 58.5 Å². The summed E-state index contributed by atoms with van der Waals surface area (Å²) in [4.78, 5) is 0. The lowest BCUT2D eigenvalue weighted by atomic mass is 9.73. The van der Waals surface area contributed by atoms with E-state index in [0.717, 1.165) is 60.7 Å². The molecule has 0 amide bonds. The molecular formula is C45H38O18. The third kappa shape index (κ3) is 6.46. The average Bonchev–Trinajstić information content (AvgIpc) is 3.22. The fraction of sp³-hybridized carbons (Fsp3) is 0.200. The number of phenols is 12. The third-order valence-corrected chi connectivity index (χ3v) is 11.8. The third-order valence-electron chi connectivity index (χ3n) is 11.8. The molecule has 0 saturated carbocycles. The second kappa shape index (κ2) is 14.7. The van der Waals surface area contributed by atoms with Gasteiger partial charge in [0.05, 0.1) is 17.9 Å². The van der Waals surface area contributed by atoms with Crippen molar-refractivity contribution in [3.63, 3.8) is 0 Å². The second-order valence-corrected chi connectivity index (χ2v) is 15.7. The zero-order valence-electron chi connectivity index (χ0n) is 32.3. The molecule has 3 heterocycles. The molecule has 0 aromatic heterocycles. The molecule has 0 radical (unpaired) electrons. The van der Waals surface area contributed by atoms with E-state index in [-0.39, 0.29) is 62.4 Å². The SMILES string of the molecule is Oc1cc(O)c2c(c1)O[C@H](c1ccc(O)c(O)c1)[C@@H](O)[C@H]2c1c(O)cc(O)c2c1O[C@H](c1ccc(O)c(O)c1)[C@H](O)[C@H]2c1c(O)cc(O)c2c1O[C@H](c1ccc(O)c(O)c1)[C@H](O)C2. The molecule has 18 heteroatoms. The Morgan fingerprint density at radius 1 is 0.365 bits per heavy atom. The fourth-order valence-corrected chi connectivity index (χ4v) is 8.94. The van der Waals surface area contributed by atoms with E-state index in [2.05, 4.69) is 0 Å². The largest absolute Gasteiger partial charge is 0.508 e. The lowest BCUT2D eigenvalue weighted by Gasteiger charge is -2.43. The van der Waals surface area contributed by atoms with Crippen LogP contribution in [0, 0.1) is 0 Å². The van der Waals surface area contributed by atoms with E-state index in [1.165, 1.54) is 18.2 Å². The van der Waals surface area contributed by atoms with Crippen LogP contribution in [0.25, 0.3) is 0 Å². The topological polar surface area (TPSA) is 331 Å². The Hall–Kier alpha value is -7.80. The van der Waals surface area contributed by atoms with Gasteiger partial charge < -0.3 is 90.8 Å². The molecule has 0 spiro atoms. The Morgan fingerprint density at radius 3 is 1.29 bits per heavy atom. The summed E-state index contributed by atoms with van der Waals surface area (Å²) in [6.45, 7) is 0. The van der Waals surface area contributed by atoms with Crippen molar-refractivity contribution in [3.05, 3.63) is 123 Å². The van der Waals surface area contributed by atoms with Crippen LogP contribution in [0.5, 0.6) is 86.2 Å². The molecule has 6 aromatic rings. The van der Waals surface area contributed by atoms with Gasteiger partial charge in [-0.15, -0.1) is 0 Å². The van der Waals surface area contributed by atoms with E-state index in [1.54, 1.807) is 0 Å². The number of fused-ring (bicyclic) bond motifs is 3. The van der Waals surface area contributed by atoms with E-state index in [9.17, 15) is 76.6 Å². The van der Waals surface area contributed by atoms with Crippen LogP contribution >= 0.6 is 0 Å². The summed E-state index contributed by atoms with van der Waals surface area (Å²) in [5.41, 5.74) is -1.10. The van der Waals surface area contributed by atoms with Gasteiger partial charge in [-0.2, -0.15) is 0 Å². The predicted molar refractivity (Wildman–Crippen MR) is 214 cm³/mol. The van der Waals surface area contributed by atoms with Crippen molar-refractivity contribution in [2.45, 2.75) is 54.9 Å². The van der Waals surface area contributed by atoms with Crippen molar-refractivity contribution in [1.29, 1.82) is 0 Å². The zero-order chi connectivity index (χ0) is 44.9. The highest BCUT2D eigenvalue weighted by Crippen LogP contribution is 2.62. The molecule has 15 N–H and O–H groups in total. The van der Waals surface area contributed by atoms with Gasteiger partial charge in [-0.3, -0.25) is 0 Å². The lowest BCUT2D eigenvalue weighted by Crippen LogP contribution is -2.39. The van der Waals surface area contributed by atoms with Gasteiger partial charge in [-0.05, 0) is 53.1 Å². The Balaban J connectivity index is 1.31. The highest BCUT2D eigenvalue weighted by molar-refractivity contribution is 5.70. The standard InChI is InChI=1S/C45H38O18/c46-18-10-27(54)33-32(11-18)61-42(16-2-5-21(48)25(52)8-16)39(59)37(33)35-29(56)14-30(57)36-38(40(60)43(63-45(35)36)17-3-6-22(49)26(53)9-17)34-28(55)13-23(50)19-12-31(58)41(62-44(19)34)15-1-4-20(47)24(51)7-15/h1-11,13-14,31,37-43,46-60H,12H2/t31-,37-,38+,39+,40-,41-,42-,43-/m1/s1.